The van der Waals surface area contributed by atoms with E-state index in [1.807, 2.05) is 0 Å². The van der Waals surface area contributed by atoms with Crippen LogP contribution in [0, 0.1) is 0 Å². The Bertz CT molecular complexity index is 625. The van der Waals surface area contributed by atoms with E-state index in [4.69, 9.17) is 9.05 Å². The van der Waals surface area contributed by atoms with E-state index in [1.54, 1.807) is 24.3 Å². The van der Waals surface area contributed by atoms with E-state index < -0.39 is 13.8 Å². The van der Waals surface area contributed by atoms with Crippen LogP contribution in [0.2, 0.25) is 0 Å². The van der Waals surface area contributed by atoms with Gasteiger partial charge in [0, 0.05) is 10.7 Å². The molecule has 0 aromatic heterocycles. The summed E-state index contributed by atoms with van der Waals surface area (Å²) in [5.41, 5.74) is 1.88. The molecule has 0 radical (unpaired) electrons. The smallest absolute Gasteiger partial charge is 0.412 e. The lowest BCUT2D eigenvalue weighted by atomic mass is 10.2. The minimum atomic E-state index is -4.64. The molecule has 0 saturated heterocycles. The second-order valence-electron chi connectivity index (χ2n) is 4.56. The Balaban J connectivity index is 2.18. The number of halogens is 4. The maximum atomic E-state index is 13.2. The quantitative estimate of drug-likeness (QED) is 0.350. The minimum Gasteiger partial charge on any atom is -0.412 e. The molecule has 0 atom stereocenters. The number of rotatable bonds is 7. The lowest BCUT2D eigenvalue weighted by molar-refractivity contribution is 0.191. The molecule has 2 aromatic rings. The van der Waals surface area contributed by atoms with Gasteiger partial charge in [0.2, 0.25) is 0 Å². The van der Waals surface area contributed by atoms with E-state index in [9.17, 15) is 13.3 Å². The third kappa shape index (κ3) is 5.03. The fourth-order valence-corrected chi connectivity index (χ4v) is 3.45. The van der Waals surface area contributed by atoms with Gasteiger partial charge in [-0.2, -0.15) is 8.78 Å². The molecule has 0 saturated carbocycles. The molecule has 0 aliphatic carbocycles. The lowest BCUT2D eigenvalue weighted by Crippen LogP contribution is -2.08. The summed E-state index contributed by atoms with van der Waals surface area (Å²) in [5, 5.41) is 1.24. The Hall–Kier alpha value is -0.910. The van der Waals surface area contributed by atoms with Gasteiger partial charge in [-0.25, -0.2) is 4.57 Å². The summed E-state index contributed by atoms with van der Waals surface area (Å²) < 4.78 is 48.7. The average molecular weight is 470 g/mol. The zero-order chi connectivity index (χ0) is 16.9. The molecule has 0 aliphatic heterocycles. The molecule has 0 aliphatic rings. The normalized spacial score (nSPS) is 11.5. The van der Waals surface area contributed by atoms with Crippen molar-refractivity contribution in [2.75, 3.05) is 0 Å². The van der Waals surface area contributed by atoms with Gasteiger partial charge in [0.15, 0.2) is 0 Å². The van der Waals surface area contributed by atoms with Gasteiger partial charge in [-0.1, -0.05) is 56.1 Å². The highest BCUT2D eigenvalue weighted by atomic mass is 79.9. The Morgan fingerprint density at radius 2 is 1.17 bits per heavy atom. The first-order chi connectivity index (χ1) is 11.0. The number of hydrogen-bond acceptors (Lipinski definition) is 3. The van der Waals surface area contributed by atoms with Crippen LogP contribution in [0.15, 0.2) is 48.5 Å². The molecule has 2 aromatic carbocycles. The summed E-state index contributed by atoms with van der Waals surface area (Å²) >= 11 is 6.56. The summed E-state index contributed by atoms with van der Waals surface area (Å²) in [4.78, 5) is 0. The van der Waals surface area contributed by atoms with E-state index in [2.05, 4.69) is 31.9 Å². The van der Waals surface area contributed by atoms with Crippen molar-refractivity contribution >= 4 is 39.5 Å². The van der Waals surface area contributed by atoms with Crippen LogP contribution in [0.5, 0.6) is 11.5 Å². The van der Waals surface area contributed by atoms with Crippen molar-refractivity contribution in [3.63, 3.8) is 0 Å². The van der Waals surface area contributed by atoms with Gasteiger partial charge in [0.1, 0.15) is 11.5 Å². The van der Waals surface area contributed by atoms with Gasteiger partial charge in [0.05, 0.1) is 0 Å². The Kier molecular flexibility index (Phi) is 6.62. The van der Waals surface area contributed by atoms with Crippen LogP contribution < -0.4 is 9.05 Å². The third-order valence-corrected chi connectivity index (χ3v) is 5.56. The van der Waals surface area contributed by atoms with E-state index >= 15 is 0 Å². The Labute approximate surface area is 149 Å². The molecule has 2 rings (SSSR count). The van der Waals surface area contributed by atoms with Gasteiger partial charge in [0.25, 0.3) is 0 Å². The molecule has 8 heteroatoms. The highest BCUT2D eigenvalue weighted by Crippen LogP contribution is 2.54. The predicted octanol–water partition coefficient (Wildman–Crippen LogP) is 6.35. The van der Waals surface area contributed by atoms with Crippen LogP contribution >= 0.6 is 39.5 Å². The van der Waals surface area contributed by atoms with E-state index in [0.717, 1.165) is 11.1 Å². The molecule has 124 valence electrons. The third-order valence-electron chi connectivity index (χ3n) is 2.86. The molecule has 0 heterocycles. The number of hydrogen-bond donors (Lipinski definition) is 0. The molecule has 0 N–H and O–H groups in total. The van der Waals surface area contributed by atoms with Gasteiger partial charge in [-0.05, 0) is 35.4 Å². The van der Waals surface area contributed by atoms with E-state index in [1.165, 1.54) is 24.3 Å². The first-order valence-electron chi connectivity index (χ1n) is 6.53. The standard InChI is InChI=1S/C15H13Br2F2O3P/c16-9-11-1-5-13(6-2-11)21-23(20,15(18)19)22-14-7-3-12(10-17)4-8-14/h1-8,15H,9-10H2. The predicted molar refractivity (Wildman–Crippen MR) is 93.0 cm³/mol. The lowest BCUT2D eigenvalue weighted by Gasteiger charge is -2.19. The van der Waals surface area contributed by atoms with Crippen molar-refractivity contribution in [1.82, 2.24) is 0 Å². The van der Waals surface area contributed by atoms with Crippen LogP contribution in [-0.4, -0.2) is 6.17 Å². The number of benzene rings is 2. The minimum absolute atomic E-state index is 0.0652. The van der Waals surface area contributed by atoms with Crippen molar-refractivity contribution in [1.29, 1.82) is 0 Å². The van der Waals surface area contributed by atoms with E-state index in [0.29, 0.717) is 10.7 Å². The Morgan fingerprint density at radius 1 is 0.826 bits per heavy atom. The van der Waals surface area contributed by atoms with E-state index in [-0.39, 0.29) is 11.5 Å². The van der Waals surface area contributed by atoms with Crippen LogP contribution in [0.25, 0.3) is 0 Å². The monoisotopic (exact) mass is 468 g/mol. The molecule has 23 heavy (non-hydrogen) atoms. The maximum absolute atomic E-state index is 13.2. The topological polar surface area (TPSA) is 35.5 Å². The summed E-state index contributed by atoms with van der Waals surface area (Å²) in [7, 11) is -4.64. The molecule has 3 nitrogen and oxygen atoms in total. The first-order valence-corrected chi connectivity index (χ1v) is 10.4. The largest absolute Gasteiger partial charge is 0.497 e. The summed E-state index contributed by atoms with van der Waals surface area (Å²) in [5.74, 6) is 0.130. The summed E-state index contributed by atoms with van der Waals surface area (Å²) in [6, 6.07) is 12.6. The molecular weight excluding hydrogens is 457 g/mol. The molecule has 0 spiro atoms. The fourth-order valence-electron chi connectivity index (χ4n) is 1.67. The zero-order valence-electron chi connectivity index (χ0n) is 11.8. The second kappa shape index (κ2) is 8.27. The average Bonchev–Trinajstić information content (AvgIpc) is 2.56. The highest BCUT2D eigenvalue weighted by molar-refractivity contribution is 9.08. The number of alkyl halides is 4. The zero-order valence-corrected chi connectivity index (χ0v) is 15.9. The van der Waals surface area contributed by atoms with Gasteiger partial charge >= 0.3 is 13.8 Å². The second-order valence-corrected chi connectivity index (χ2v) is 7.51. The highest BCUT2D eigenvalue weighted by Gasteiger charge is 2.40. The van der Waals surface area contributed by atoms with Gasteiger partial charge < -0.3 is 9.05 Å². The van der Waals surface area contributed by atoms with Crippen molar-refractivity contribution in [2.24, 2.45) is 0 Å². The van der Waals surface area contributed by atoms with Crippen molar-refractivity contribution in [2.45, 2.75) is 16.8 Å². The van der Waals surface area contributed by atoms with Crippen LogP contribution in [0.4, 0.5) is 8.78 Å². The summed E-state index contributed by atoms with van der Waals surface area (Å²) in [6.45, 7) is 0. The van der Waals surface area contributed by atoms with Gasteiger partial charge in [-0.15, -0.1) is 0 Å². The van der Waals surface area contributed by atoms with Crippen LogP contribution in [0.1, 0.15) is 11.1 Å². The molecular formula is C15H13Br2F2O3P. The van der Waals surface area contributed by atoms with Crippen molar-refractivity contribution < 1.29 is 22.4 Å². The van der Waals surface area contributed by atoms with Crippen LogP contribution in [0.3, 0.4) is 0 Å². The maximum Gasteiger partial charge on any atom is 0.497 e. The molecule has 0 unspecified atom stereocenters. The SMILES string of the molecule is O=P(Oc1ccc(CBr)cc1)(Oc1ccc(CBr)cc1)C(F)F. The van der Waals surface area contributed by atoms with Crippen molar-refractivity contribution in [3.05, 3.63) is 59.7 Å². The summed E-state index contributed by atoms with van der Waals surface area (Å²) in [6.07, 6.45) is -3.26. The fraction of sp³-hybridized carbons (Fsp3) is 0.200. The van der Waals surface area contributed by atoms with Crippen LogP contribution in [-0.2, 0) is 15.2 Å². The first kappa shape index (κ1) is 18.4. The Morgan fingerprint density at radius 3 is 1.43 bits per heavy atom. The molecule has 0 bridgehead atoms. The van der Waals surface area contributed by atoms with Crippen molar-refractivity contribution in [3.8, 4) is 11.5 Å². The molecule has 0 amide bonds. The molecule has 0 fully saturated rings. The van der Waals surface area contributed by atoms with Gasteiger partial charge in [-0.3, -0.25) is 0 Å².